The molecule has 0 bridgehead atoms. The zero-order valence-electron chi connectivity index (χ0n) is 21.4. The SMILES string of the molecule is CCCCN(CCCC)c1cccc(-c2ccc3c(c2)Nc2c(cc(S(=O)(=O)NC)cc2C(=O)O)O3)c1. The number of carbonyl (C=O) groups is 1. The van der Waals surface area contributed by atoms with Gasteiger partial charge in [-0.2, -0.15) is 0 Å². The summed E-state index contributed by atoms with van der Waals surface area (Å²) in [7, 11) is -2.59. The van der Waals surface area contributed by atoms with Crippen LogP contribution >= 0.6 is 0 Å². The second kappa shape index (κ2) is 11.2. The van der Waals surface area contributed by atoms with E-state index in [1.165, 1.54) is 18.8 Å². The maximum Gasteiger partial charge on any atom is 0.338 e. The number of unbranched alkanes of at least 4 members (excludes halogenated alkanes) is 2. The van der Waals surface area contributed by atoms with E-state index in [1.54, 1.807) is 6.07 Å². The second-order valence-corrected chi connectivity index (χ2v) is 10.9. The molecule has 1 heterocycles. The summed E-state index contributed by atoms with van der Waals surface area (Å²) in [5.41, 5.74) is 3.81. The molecule has 3 aromatic rings. The first kappa shape index (κ1) is 26.5. The summed E-state index contributed by atoms with van der Waals surface area (Å²) >= 11 is 0. The molecular weight excluding hydrogens is 490 g/mol. The molecule has 8 nitrogen and oxygen atoms in total. The molecule has 0 amide bonds. The van der Waals surface area contributed by atoms with Gasteiger partial charge in [0.1, 0.15) is 0 Å². The Balaban J connectivity index is 1.68. The smallest absolute Gasteiger partial charge is 0.338 e. The van der Waals surface area contributed by atoms with Crippen LogP contribution in [0.15, 0.2) is 59.5 Å². The number of sulfonamides is 1. The summed E-state index contributed by atoms with van der Waals surface area (Å²) < 4.78 is 32.8. The van der Waals surface area contributed by atoms with Crippen molar-refractivity contribution in [3.63, 3.8) is 0 Å². The lowest BCUT2D eigenvalue weighted by Gasteiger charge is -2.26. The average molecular weight is 524 g/mol. The van der Waals surface area contributed by atoms with Gasteiger partial charge in [-0.1, -0.05) is 44.9 Å². The number of nitrogens with one attached hydrogen (secondary N) is 2. The van der Waals surface area contributed by atoms with Crippen LogP contribution in [0.2, 0.25) is 0 Å². The number of ether oxygens (including phenoxy) is 1. The molecule has 196 valence electrons. The van der Waals surface area contributed by atoms with Crippen LogP contribution in [-0.4, -0.2) is 39.6 Å². The average Bonchev–Trinajstić information content (AvgIpc) is 2.91. The molecule has 1 aliphatic rings. The quantitative estimate of drug-likeness (QED) is 0.214. The summed E-state index contributed by atoms with van der Waals surface area (Å²) in [5.74, 6) is -0.638. The van der Waals surface area contributed by atoms with Gasteiger partial charge in [-0.3, -0.25) is 0 Å². The lowest BCUT2D eigenvalue weighted by Crippen LogP contribution is -2.25. The molecule has 0 spiro atoms. The first-order chi connectivity index (χ1) is 17.8. The van der Waals surface area contributed by atoms with E-state index in [1.807, 2.05) is 12.1 Å². The van der Waals surface area contributed by atoms with Crippen LogP contribution in [-0.2, 0) is 10.0 Å². The van der Waals surface area contributed by atoms with Gasteiger partial charge in [0, 0.05) is 24.8 Å². The highest BCUT2D eigenvalue weighted by Crippen LogP contribution is 2.46. The molecule has 0 unspecified atom stereocenters. The Labute approximate surface area is 218 Å². The number of hydrogen-bond acceptors (Lipinski definition) is 6. The van der Waals surface area contributed by atoms with E-state index in [0.717, 1.165) is 56.0 Å². The van der Waals surface area contributed by atoms with Crippen molar-refractivity contribution < 1.29 is 23.1 Å². The molecule has 37 heavy (non-hydrogen) atoms. The van der Waals surface area contributed by atoms with Crippen LogP contribution in [0.1, 0.15) is 49.9 Å². The van der Waals surface area contributed by atoms with E-state index in [4.69, 9.17) is 4.74 Å². The Morgan fingerprint density at radius 2 is 1.68 bits per heavy atom. The zero-order chi connectivity index (χ0) is 26.6. The Morgan fingerprint density at radius 1 is 0.973 bits per heavy atom. The fraction of sp³-hybridized carbons (Fsp3) is 0.321. The van der Waals surface area contributed by atoms with Crippen molar-refractivity contribution in [2.24, 2.45) is 0 Å². The fourth-order valence-corrected chi connectivity index (χ4v) is 5.11. The second-order valence-electron chi connectivity index (χ2n) is 9.04. The van der Waals surface area contributed by atoms with Gasteiger partial charge in [-0.25, -0.2) is 17.9 Å². The van der Waals surface area contributed by atoms with Gasteiger partial charge in [0.2, 0.25) is 10.0 Å². The van der Waals surface area contributed by atoms with Crippen molar-refractivity contribution in [1.82, 2.24) is 4.72 Å². The predicted molar refractivity (Wildman–Crippen MR) is 147 cm³/mol. The third-order valence-corrected chi connectivity index (χ3v) is 7.85. The Hall–Kier alpha value is -3.56. The van der Waals surface area contributed by atoms with Gasteiger partial charge in [0.05, 0.1) is 21.8 Å². The first-order valence-electron chi connectivity index (χ1n) is 12.6. The maximum absolute atomic E-state index is 12.3. The number of aromatic carboxylic acids is 1. The van der Waals surface area contributed by atoms with Crippen LogP contribution in [0.25, 0.3) is 11.1 Å². The maximum atomic E-state index is 12.3. The summed E-state index contributed by atoms with van der Waals surface area (Å²) in [6.07, 6.45) is 4.55. The molecule has 3 N–H and O–H groups in total. The molecule has 9 heteroatoms. The van der Waals surface area contributed by atoms with Crippen LogP contribution in [0.5, 0.6) is 11.5 Å². The predicted octanol–water partition coefficient (Wildman–Crippen LogP) is 6.22. The molecule has 0 atom stereocenters. The summed E-state index contributed by atoms with van der Waals surface area (Å²) in [6.45, 7) is 6.43. The van der Waals surface area contributed by atoms with Crippen molar-refractivity contribution >= 4 is 33.1 Å². The molecule has 0 fully saturated rings. The number of rotatable bonds is 11. The standard InChI is InChI=1S/C28H33N3O5S/c1-4-6-13-31(14-7-5-2)21-10-8-9-19(15-21)20-11-12-25-24(16-20)30-27-23(28(32)33)17-22(18-26(27)36-25)37(34,35)29-3/h8-12,15-18,29-30H,4-7,13-14H2,1-3H3,(H,32,33). The summed E-state index contributed by atoms with van der Waals surface area (Å²) in [4.78, 5) is 14.2. The molecule has 0 aliphatic carbocycles. The molecule has 0 saturated heterocycles. The van der Waals surface area contributed by atoms with E-state index < -0.39 is 16.0 Å². The van der Waals surface area contributed by atoms with E-state index >= 15 is 0 Å². The number of fused-ring (bicyclic) bond motifs is 2. The first-order valence-corrected chi connectivity index (χ1v) is 14.0. The monoisotopic (exact) mass is 523 g/mol. The van der Waals surface area contributed by atoms with Gasteiger partial charge in [-0.05, 0) is 61.3 Å². The topological polar surface area (TPSA) is 108 Å². The number of benzene rings is 3. The van der Waals surface area contributed by atoms with Crippen LogP contribution < -0.4 is 19.7 Å². The summed E-state index contributed by atoms with van der Waals surface area (Å²) in [6, 6.07) is 16.6. The van der Waals surface area contributed by atoms with Crippen molar-refractivity contribution in [2.75, 3.05) is 30.4 Å². The van der Waals surface area contributed by atoms with Crippen molar-refractivity contribution in [3.05, 3.63) is 60.2 Å². The van der Waals surface area contributed by atoms with Crippen LogP contribution in [0, 0.1) is 0 Å². The van der Waals surface area contributed by atoms with Crippen LogP contribution in [0.3, 0.4) is 0 Å². The number of nitrogens with zero attached hydrogens (tertiary/aromatic N) is 1. The molecule has 0 aromatic heterocycles. The summed E-state index contributed by atoms with van der Waals surface area (Å²) in [5, 5.41) is 12.9. The molecule has 4 rings (SSSR count). The number of anilines is 3. The van der Waals surface area contributed by atoms with Gasteiger partial charge >= 0.3 is 5.97 Å². The van der Waals surface area contributed by atoms with Gasteiger partial charge in [-0.15, -0.1) is 0 Å². The van der Waals surface area contributed by atoms with Gasteiger partial charge in [0.15, 0.2) is 11.5 Å². The Kier molecular flexibility index (Phi) is 8.04. The minimum atomic E-state index is -3.86. The van der Waals surface area contributed by atoms with E-state index in [2.05, 4.69) is 53.1 Å². The molecule has 0 radical (unpaired) electrons. The van der Waals surface area contributed by atoms with Crippen molar-refractivity contribution in [3.8, 4) is 22.6 Å². The molecule has 1 aliphatic heterocycles. The zero-order valence-corrected chi connectivity index (χ0v) is 22.2. The third kappa shape index (κ3) is 5.73. The van der Waals surface area contributed by atoms with Crippen molar-refractivity contribution in [1.29, 1.82) is 0 Å². The highest BCUT2D eigenvalue weighted by molar-refractivity contribution is 7.89. The van der Waals surface area contributed by atoms with Gasteiger partial charge < -0.3 is 20.1 Å². The molecule has 3 aromatic carbocycles. The molecular formula is C28H33N3O5S. The minimum absolute atomic E-state index is 0.137. The van der Waals surface area contributed by atoms with E-state index in [-0.39, 0.29) is 21.9 Å². The lowest BCUT2D eigenvalue weighted by atomic mass is 10.0. The number of carboxylic acid groups (broad SMARTS) is 1. The normalized spacial score (nSPS) is 12.2. The van der Waals surface area contributed by atoms with Gasteiger partial charge in [0.25, 0.3) is 0 Å². The Bertz CT molecular complexity index is 1400. The minimum Gasteiger partial charge on any atom is -0.478 e. The van der Waals surface area contributed by atoms with E-state index in [0.29, 0.717) is 11.4 Å². The number of carboxylic acids is 1. The largest absolute Gasteiger partial charge is 0.478 e. The molecule has 0 saturated carbocycles. The number of hydrogen-bond donors (Lipinski definition) is 3. The van der Waals surface area contributed by atoms with E-state index in [9.17, 15) is 18.3 Å². The highest BCUT2D eigenvalue weighted by Gasteiger charge is 2.27. The Morgan fingerprint density at radius 3 is 2.32 bits per heavy atom. The lowest BCUT2D eigenvalue weighted by molar-refractivity contribution is 0.0697. The fourth-order valence-electron chi connectivity index (χ4n) is 4.34. The van der Waals surface area contributed by atoms with Crippen LogP contribution in [0.4, 0.5) is 17.1 Å². The third-order valence-electron chi connectivity index (χ3n) is 6.45. The van der Waals surface area contributed by atoms with Crippen molar-refractivity contribution in [2.45, 2.75) is 44.4 Å². The highest BCUT2D eigenvalue weighted by atomic mass is 32.2.